The van der Waals surface area contributed by atoms with Crippen molar-refractivity contribution < 1.29 is 17.9 Å². The van der Waals surface area contributed by atoms with E-state index in [0.717, 1.165) is 38.8 Å². The number of thiazole rings is 1. The molecule has 1 aliphatic heterocycles. The number of ether oxygens (including phenoxy) is 1. The summed E-state index contributed by atoms with van der Waals surface area (Å²) in [5, 5.41) is 3.10. The van der Waals surface area contributed by atoms with Gasteiger partial charge in [-0.05, 0) is 70.8 Å². The first-order chi connectivity index (χ1) is 19.3. The molecule has 2 N–H and O–H groups in total. The van der Waals surface area contributed by atoms with Gasteiger partial charge in [-0.1, -0.05) is 12.8 Å². The first kappa shape index (κ1) is 28.4. The molecule has 0 spiro atoms. The van der Waals surface area contributed by atoms with E-state index in [4.69, 9.17) is 4.74 Å². The Hall–Kier alpha value is -3.16. The van der Waals surface area contributed by atoms with Gasteiger partial charge in [-0.25, -0.2) is 18.4 Å². The normalized spacial score (nSPS) is 17.9. The Morgan fingerprint density at radius 2 is 1.93 bits per heavy atom. The largest absolute Gasteiger partial charge is 0.477 e. The smallest absolute Gasteiger partial charge is 0.280 e. The van der Waals surface area contributed by atoms with Crippen molar-refractivity contribution in [2.24, 2.45) is 5.92 Å². The van der Waals surface area contributed by atoms with Crippen molar-refractivity contribution in [2.45, 2.75) is 56.7 Å². The third-order valence-electron chi connectivity index (χ3n) is 7.48. The summed E-state index contributed by atoms with van der Waals surface area (Å²) in [5.74, 6) is 0.242. The van der Waals surface area contributed by atoms with Crippen LogP contribution in [0.4, 0.5) is 5.69 Å². The van der Waals surface area contributed by atoms with E-state index in [1.165, 1.54) is 11.3 Å². The van der Waals surface area contributed by atoms with E-state index in [2.05, 4.69) is 41.9 Å². The molecule has 3 aromatic rings. The molecule has 0 aromatic carbocycles. The summed E-state index contributed by atoms with van der Waals surface area (Å²) in [5.41, 5.74) is 1.67. The summed E-state index contributed by atoms with van der Waals surface area (Å²) in [7, 11) is -1.40. The number of amides is 1. The molecule has 2 aliphatic rings. The van der Waals surface area contributed by atoms with E-state index in [-0.39, 0.29) is 17.1 Å². The molecule has 0 radical (unpaired) electrons. The Balaban J connectivity index is 1.37. The van der Waals surface area contributed by atoms with Gasteiger partial charge in [-0.2, -0.15) is 0 Å². The number of hydrogen-bond acceptors (Lipinski definition) is 10. The van der Waals surface area contributed by atoms with Crippen LogP contribution in [0.25, 0.3) is 10.6 Å². The molecule has 214 valence electrons. The molecule has 1 aliphatic carbocycles. The van der Waals surface area contributed by atoms with Crippen molar-refractivity contribution >= 4 is 33.0 Å². The average molecular weight is 586 g/mol. The second-order valence-corrected chi connectivity index (χ2v) is 13.3. The average Bonchev–Trinajstić information content (AvgIpc) is 3.66. The lowest BCUT2D eigenvalue weighted by molar-refractivity contribution is 0.0898. The van der Waals surface area contributed by atoms with Gasteiger partial charge in [0, 0.05) is 12.4 Å². The zero-order valence-corrected chi connectivity index (χ0v) is 24.4. The Bertz CT molecular complexity index is 1420. The molecule has 3 aromatic heterocycles. The quantitative estimate of drug-likeness (QED) is 0.363. The second kappa shape index (κ2) is 12.6. The van der Waals surface area contributed by atoms with Crippen molar-refractivity contribution in [3.8, 4) is 16.5 Å². The number of sulfonamides is 1. The third-order valence-corrected chi connectivity index (χ3v) is 10.4. The number of nitrogens with zero attached hydrogens (tertiary/aromatic N) is 5. The minimum Gasteiger partial charge on any atom is -0.477 e. The topological polar surface area (TPSA) is 139 Å². The summed E-state index contributed by atoms with van der Waals surface area (Å²) in [6, 6.07) is 3.01. The van der Waals surface area contributed by atoms with E-state index in [0.29, 0.717) is 52.3 Å². The molecule has 5 rings (SSSR count). The van der Waals surface area contributed by atoms with Crippen molar-refractivity contribution in [2.75, 3.05) is 31.5 Å². The highest BCUT2D eigenvalue weighted by molar-refractivity contribution is 7.93. The standard InChI is InChI=1S/C27H35N7O4S2/c1-3-38-24-17-28-15-22(31-24)23-16-30-27(39-23)26(35)32-25(18-9-12-34(2)13-10-18)21-14-19(8-11-29-21)33-40(36,37)20-6-4-5-7-20/h8,11,14-18,20,25H,3-7,9-10,12-13H2,1-2H3,(H,29,33)(H,32,35)/t25-/m1/s1. The number of hydrogen-bond donors (Lipinski definition) is 2. The van der Waals surface area contributed by atoms with Gasteiger partial charge in [-0.15, -0.1) is 11.3 Å². The van der Waals surface area contributed by atoms with Gasteiger partial charge < -0.3 is 15.0 Å². The lowest BCUT2D eigenvalue weighted by Crippen LogP contribution is -2.40. The lowest BCUT2D eigenvalue weighted by atomic mass is 9.87. The van der Waals surface area contributed by atoms with Gasteiger partial charge >= 0.3 is 0 Å². The fourth-order valence-corrected chi connectivity index (χ4v) is 7.66. The number of carbonyl (C=O) groups is 1. The molecule has 13 heteroatoms. The summed E-state index contributed by atoms with van der Waals surface area (Å²) in [6.07, 6.45) is 11.3. The Morgan fingerprint density at radius 3 is 2.67 bits per heavy atom. The highest BCUT2D eigenvalue weighted by Gasteiger charge is 2.32. The summed E-state index contributed by atoms with van der Waals surface area (Å²) < 4.78 is 34.1. The highest BCUT2D eigenvalue weighted by atomic mass is 32.2. The van der Waals surface area contributed by atoms with E-state index < -0.39 is 16.1 Å². The van der Waals surface area contributed by atoms with Gasteiger partial charge in [0.2, 0.25) is 15.9 Å². The van der Waals surface area contributed by atoms with Crippen LogP contribution in [0.2, 0.25) is 0 Å². The maximum atomic E-state index is 13.5. The van der Waals surface area contributed by atoms with Crippen LogP contribution in [-0.4, -0.2) is 71.2 Å². The molecule has 1 atom stereocenters. The summed E-state index contributed by atoms with van der Waals surface area (Å²) >= 11 is 1.23. The van der Waals surface area contributed by atoms with Crippen LogP contribution >= 0.6 is 11.3 Å². The molecule has 0 bridgehead atoms. The van der Waals surface area contributed by atoms with E-state index in [9.17, 15) is 13.2 Å². The molecule has 2 fully saturated rings. The van der Waals surface area contributed by atoms with Crippen molar-refractivity contribution in [3.63, 3.8) is 0 Å². The third kappa shape index (κ3) is 6.76. The number of pyridine rings is 1. The second-order valence-electron chi connectivity index (χ2n) is 10.3. The van der Waals surface area contributed by atoms with Gasteiger partial charge in [0.15, 0.2) is 5.01 Å². The summed E-state index contributed by atoms with van der Waals surface area (Å²) in [4.78, 5) is 34.0. The number of anilines is 1. The molecule has 4 heterocycles. The predicted molar refractivity (Wildman–Crippen MR) is 154 cm³/mol. The van der Waals surface area contributed by atoms with Crippen molar-refractivity contribution in [3.05, 3.63) is 47.6 Å². The van der Waals surface area contributed by atoms with Crippen LogP contribution in [0.5, 0.6) is 5.88 Å². The zero-order chi connectivity index (χ0) is 28.1. The van der Waals surface area contributed by atoms with Crippen LogP contribution in [-0.2, 0) is 10.0 Å². The van der Waals surface area contributed by atoms with Crippen LogP contribution < -0.4 is 14.8 Å². The van der Waals surface area contributed by atoms with Gasteiger partial charge in [-0.3, -0.25) is 19.5 Å². The molecular formula is C27H35N7O4S2. The molecule has 1 saturated carbocycles. The van der Waals surface area contributed by atoms with Gasteiger partial charge in [0.25, 0.3) is 5.91 Å². The van der Waals surface area contributed by atoms with Crippen LogP contribution in [0.1, 0.15) is 67.0 Å². The lowest BCUT2D eigenvalue weighted by Gasteiger charge is -2.34. The first-order valence-corrected chi connectivity index (χ1v) is 16.1. The number of piperidine rings is 1. The number of carbonyl (C=O) groups excluding carboxylic acids is 1. The van der Waals surface area contributed by atoms with Gasteiger partial charge in [0.05, 0.1) is 46.6 Å². The minimum atomic E-state index is -3.48. The van der Waals surface area contributed by atoms with Crippen molar-refractivity contribution in [1.82, 2.24) is 30.2 Å². The maximum Gasteiger partial charge on any atom is 0.280 e. The monoisotopic (exact) mass is 585 g/mol. The Kier molecular flexibility index (Phi) is 8.91. The van der Waals surface area contributed by atoms with E-state index in [1.54, 1.807) is 36.9 Å². The number of likely N-dealkylation sites (tertiary alicyclic amines) is 1. The molecular weight excluding hydrogens is 550 g/mol. The van der Waals surface area contributed by atoms with Gasteiger partial charge in [0.1, 0.15) is 5.69 Å². The number of rotatable bonds is 10. The highest BCUT2D eigenvalue weighted by Crippen LogP contribution is 2.33. The fraction of sp³-hybridized carbons (Fsp3) is 0.519. The van der Waals surface area contributed by atoms with Crippen molar-refractivity contribution in [1.29, 1.82) is 0 Å². The van der Waals surface area contributed by atoms with E-state index in [1.807, 2.05) is 6.92 Å². The van der Waals surface area contributed by atoms with Crippen LogP contribution in [0.3, 0.4) is 0 Å². The number of aromatic nitrogens is 4. The SMILES string of the molecule is CCOc1cncc(-c2cnc(C(=O)N[C@@H](c3cc(NS(=O)(=O)C4CCCC4)ccn3)C3CCN(C)CC3)s2)n1. The van der Waals surface area contributed by atoms with Crippen LogP contribution in [0, 0.1) is 5.92 Å². The maximum absolute atomic E-state index is 13.5. The Labute approximate surface area is 238 Å². The zero-order valence-electron chi connectivity index (χ0n) is 22.7. The minimum absolute atomic E-state index is 0.141. The fourth-order valence-electron chi connectivity index (χ4n) is 5.31. The molecule has 11 nitrogen and oxygen atoms in total. The molecule has 1 amide bonds. The molecule has 0 unspecified atom stereocenters. The predicted octanol–water partition coefficient (Wildman–Crippen LogP) is 3.89. The number of nitrogens with one attached hydrogen (secondary N) is 2. The summed E-state index contributed by atoms with van der Waals surface area (Å²) in [6.45, 7) is 4.16. The first-order valence-electron chi connectivity index (χ1n) is 13.7. The Morgan fingerprint density at radius 1 is 1.15 bits per heavy atom. The molecule has 40 heavy (non-hydrogen) atoms. The van der Waals surface area contributed by atoms with Crippen LogP contribution in [0.15, 0.2) is 36.9 Å². The molecule has 1 saturated heterocycles. The van der Waals surface area contributed by atoms with E-state index >= 15 is 0 Å².